The first kappa shape index (κ1) is 40.2. The van der Waals surface area contributed by atoms with Gasteiger partial charge < -0.3 is 28.4 Å². The number of para-hydroxylation sites is 2. The van der Waals surface area contributed by atoms with Crippen molar-refractivity contribution in [2.45, 2.75) is 92.9 Å². The van der Waals surface area contributed by atoms with Crippen LogP contribution in [0, 0.1) is 0 Å². The van der Waals surface area contributed by atoms with Crippen LogP contribution in [0.15, 0.2) is 60.7 Å². The summed E-state index contributed by atoms with van der Waals surface area (Å²) >= 11 is 0. The van der Waals surface area contributed by atoms with E-state index in [1.165, 1.54) is 0 Å². The summed E-state index contributed by atoms with van der Waals surface area (Å²) in [5.41, 5.74) is 8.32. The molecule has 0 atom stereocenters. The Balaban J connectivity index is 1.86. The van der Waals surface area contributed by atoms with Crippen LogP contribution in [0.1, 0.15) is 132 Å². The van der Waals surface area contributed by atoms with Crippen molar-refractivity contribution in [3.63, 3.8) is 0 Å². The van der Waals surface area contributed by atoms with Gasteiger partial charge in [-0.15, -0.1) is 0 Å². The van der Waals surface area contributed by atoms with Crippen LogP contribution in [0.5, 0.6) is 23.0 Å². The Hall–Kier alpha value is -4.98. The molecule has 5 rings (SSSR count). The fourth-order valence-electron chi connectivity index (χ4n) is 6.91. The molecule has 0 fully saturated rings. The Labute approximate surface area is 321 Å². The third-order valence-electron chi connectivity index (χ3n) is 9.19. The number of carbonyl (C=O) groups is 2. The van der Waals surface area contributed by atoms with Gasteiger partial charge in [0.2, 0.25) is 0 Å². The monoisotopic (exact) mass is 736 g/mol. The zero-order chi connectivity index (χ0) is 38.5. The van der Waals surface area contributed by atoms with Crippen molar-refractivity contribution in [2.75, 3.05) is 39.6 Å². The van der Waals surface area contributed by atoms with Gasteiger partial charge in [-0.1, -0.05) is 64.1 Å². The Morgan fingerprint density at radius 1 is 0.426 bits per heavy atom. The van der Waals surface area contributed by atoms with Crippen molar-refractivity contribution < 1.29 is 38.0 Å². The molecular weight excluding hydrogens is 680 g/mol. The standard InChI is InChI=1S/C46H56O8/c1-7-19-51-41-31-15-13-16-32(41)24-36-28-40(46(48)50-12-6)30-38(44(36)54-22-10-4)26-34-18-14-17-33(42(34)52-20-8-2)25-37-29-39(45(47)49-11-5)27-35(23-31)43(37)53-21-9-3/h13-18,27-30H,7-12,19-26H2,1-6H3. The molecule has 0 radical (unpaired) electrons. The van der Waals surface area contributed by atoms with Crippen LogP contribution in [0.25, 0.3) is 0 Å². The smallest absolute Gasteiger partial charge is 0.338 e. The number of fused-ring (bicyclic) bond motifs is 8. The van der Waals surface area contributed by atoms with E-state index in [0.29, 0.717) is 63.2 Å². The summed E-state index contributed by atoms with van der Waals surface area (Å²) in [6, 6.07) is 20.0. The predicted octanol–water partition coefficient (Wildman–Crippen LogP) is 9.87. The van der Waals surface area contributed by atoms with Crippen molar-refractivity contribution in [2.24, 2.45) is 0 Å². The molecule has 0 saturated carbocycles. The maximum atomic E-state index is 13.4. The van der Waals surface area contributed by atoms with E-state index in [1.807, 2.05) is 50.2 Å². The van der Waals surface area contributed by atoms with Gasteiger partial charge in [-0.3, -0.25) is 0 Å². The number of esters is 2. The maximum absolute atomic E-state index is 13.4. The second-order valence-electron chi connectivity index (χ2n) is 13.6. The topological polar surface area (TPSA) is 89.5 Å². The van der Waals surface area contributed by atoms with Crippen molar-refractivity contribution in [1.82, 2.24) is 0 Å². The third-order valence-corrected chi connectivity index (χ3v) is 9.19. The summed E-state index contributed by atoms with van der Waals surface area (Å²) < 4.78 is 37.4. The quantitative estimate of drug-likeness (QED) is 0.0926. The largest absolute Gasteiger partial charge is 0.493 e. The van der Waals surface area contributed by atoms with Gasteiger partial charge in [-0.05, 0) is 108 Å². The first-order valence-corrected chi connectivity index (χ1v) is 19.7. The fraction of sp³-hybridized carbons (Fsp3) is 0.435. The van der Waals surface area contributed by atoms with Crippen LogP contribution in [0.2, 0.25) is 0 Å². The average Bonchev–Trinajstić information content (AvgIpc) is 3.16. The van der Waals surface area contributed by atoms with E-state index in [1.54, 1.807) is 0 Å². The van der Waals surface area contributed by atoms with Crippen molar-refractivity contribution >= 4 is 11.9 Å². The number of ether oxygens (including phenoxy) is 6. The molecule has 288 valence electrons. The van der Waals surface area contributed by atoms with Crippen LogP contribution in [0.3, 0.4) is 0 Å². The molecule has 4 aromatic carbocycles. The van der Waals surface area contributed by atoms with E-state index >= 15 is 0 Å². The summed E-state index contributed by atoms with van der Waals surface area (Å²) in [6.07, 6.45) is 5.14. The molecule has 0 N–H and O–H groups in total. The highest BCUT2D eigenvalue weighted by Gasteiger charge is 2.25. The van der Waals surface area contributed by atoms with Crippen molar-refractivity contribution in [3.05, 3.63) is 116 Å². The van der Waals surface area contributed by atoms with Crippen LogP contribution in [-0.4, -0.2) is 51.6 Å². The zero-order valence-electron chi connectivity index (χ0n) is 32.9. The summed E-state index contributed by atoms with van der Waals surface area (Å²) in [6.45, 7) is 14.6. The highest BCUT2D eigenvalue weighted by Crippen LogP contribution is 2.40. The van der Waals surface area contributed by atoms with Crippen LogP contribution in [0.4, 0.5) is 0 Å². The summed E-state index contributed by atoms with van der Waals surface area (Å²) in [5, 5.41) is 0. The number of benzene rings is 4. The Morgan fingerprint density at radius 3 is 0.926 bits per heavy atom. The van der Waals surface area contributed by atoms with Gasteiger partial charge in [0, 0.05) is 25.7 Å². The second kappa shape index (κ2) is 19.9. The predicted molar refractivity (Wildman–Crippen MR) is 212 cm³/mol. The maximum Gasteiger partial charge on any atom is 0.338 e. The average molecular weight is 737 g/mol. The Kier molecular flexibility index (Phi) is 14.8. The van der Waals surface area contributed by atoms with Gasteiger partial charge in [0.25, 0.3) is 0 Å². The third kappa shape index (κ3) is 9.76. The SMILES string of the molecule is CCCOc1c2cccc1Cc1cc(C(=O)OCC)cc(c1OCCC)Cc1cccc(c1OCCC)Cc1cc(C(=O)OCC)cc(c1OCCC)C2. The summed E-state index contributed by atoms with van der Waals surface area (Å²) in [4.78, 5) is 26.8. The van der Waals surface area contributed by atoms with E-state index in [0.717, 1.165) is 93.2 Å². The lowest BCUT2D eigenvalue weighted by atomic mass is 9.89. The number of hydrogen-bond acceptors (Lipinski definition) is 8. The molecule has 0 saturated heterocycles. The minimum Gasteiger partial charge on any atom is -0.493 e. The van der Waals surface area contributed by atoms with Crippen LogP contribution < -0.4 is 18.9 Å². The van der Waals surface area contributed by atoms with E-state index in [4.69, 9.17) is 28.4 Å². The molecule has 0 unspecified atom stereocenters. The first-order valence-electron chi connectivity index (χ1n) is 19.7. The lowest BCUT2D eigenvalue weighted by Gasteiger charge is -2.23. The van der Waals surface area contributed by atoms with Crippen LogP contribution in [-0.2, 0) is 35.2 Å². The summed E-state index contributed by atoms with van der Waals surface area (Å²) in [7, 11) is 0. The van der Waals surface area contributed by atoms with E-state index in [2.05, 4.69) is 52.0 Å². The fourth-order valence-corrected chi connectivity index (χ4v) is 6.91. The lowest BCUT2D eigenvalue weighted by molar-refractivity contribution is 0.0516. The highest BCUT2D eigenvalue weighted by atomic mass is 16.5. The first-order chi connectivity index (χ1) is 26.3. The molecule has 4 aromatic rings. The molecule has 1 aliphatic carbocycles. The molecule has 8 heteroatoms. The Bertz CT molecular complexity index is 1670. The van der Waals surface area contributed by atoms with E-state index < -0.39 is 0 Å². The number of rotatable bonds is 16. The Morgan fingerprint density at radius 2 is 0.685 bits per heavy atom. The minimum absolute atomic E-state index is 0.272. The van der Waals surface area contributed by atoms with Gasteiger partial charge in [-0.2, -0.15) is 0 Å². The molecule has 8 bridgehead atoms. The molecule has 54 heavy (non-hydrogen) atoms. The van der Waals surface area contributed by atoms with Gasteiger partial charge in [-0.25, -0.2) is 9.59 Å². The molecular formula is C46H56O8. The molecule has 0 aromatic heterocycles. The molecule has 0 amide bonds. The van der Waals surface area contributed by atoms with Gasteiger partial charge in [0.1, 0.15) is 23.0 Å². The van der Waals surface area contributed by atoms with Gasteiger partial charge in [0.05, 0.1) is 50.8 Å². The molecule has 0 aliphatic heterocycles. The van der Waals surface area contributed by atoms with Crippen LogP contribution >= 0.6 is 0 Å². The molecule has 0 heterocycles. The van der Waals surface area contributed by atoms with Crippen molar-refractivity contribution in [3.8, 4) is 23.0 Å². The van der Waals surface area contributed by atoms with Gasteiger partial charge in [0.15, 0.2) is 0 Å². The second-order valence-corrected chi connectivity index (χ2v) is 13.6. The number of carbonyl (C=O) groups excluding carboxylic acids is 2. The van der Waals surface area contributed by atoms with Crippen molar-refractivity contribution in [1.29, 1.82) is 0 Å². The zero-order valence-corrected chi connectivity index (χ0v) is 32.9. The lowest BCUT2D eigenvalue weighted by Crippen LogP contribution is -2.13. The molecule has 8 nitrogen and oxygen atoms in total. The van der Waals surface area contributed by atoms with E-state index in [-0.39, 0.29) is 25.2 Å². The highest BCUT2D eigenvalue weighted by molar-refractivity contribution is 5.91. The molecule has 0 spiro atoms. The van der Waals surface area contributed by atoms with Gasteiger partial charge >= 0.3 is 11.9 Å². The summed E-state index contributed by atoms with van der Waals surface area (Å²) in [5.74, 6) is 2.33. The minimum atomic E-state index is -0.376. The number of hydrogen-bond donors (Lipinski definition) is 0. The van der Waals surface area contributed by atoms with E-state index in [9.17, 15) is 9.59 Å². The normalized spacial score (nSPS) is 12.1. The molecule has 1 aliphatic rings.